The van der Waals surface area contributed by atoms with Crippen molar-refractivity contribution in [3.63, 3.8) is 0 Å². The maximum Gasteiger partial charge on any atom is 0.573 e. The van der Waals surface area contributed by atoms with Gasteiger partial charge in [-0.3, -0.25) is 9.82 Å². The Morgan fingerprint density at radius 3 is 2.46 bits per heavy atom. The van der Waals surface area contributed by atoms with Gasteiger partial charge >= 0.3 is 6.36 Å². The molecule has 10 heteroatoms. The zero-order valence-electron chi connectivity index (χ0n) is 11.8. The number of nitrogens with zero attached hydrogens (tertiary/aromatic N) is 1. The summed E-state index contributed by atoms with van der Waals surface area (Å²) in [6.07, 6.45) is -3.24. The number of ether oxygens (including phenoxy) is 1. The number of halogens is 3. The van der Waals surface area contributed by atoms with Crippen LogP contribution < -0.4 is 9.46 Å². The molecule has 6 nitrogen and oxygen atoms in total. The largest absolute Gasteiger partial charge is 0.573 e. The lowest BCUT2D eigenvalue weighted by Crippen LogP contribution is -2.17. The van der Waals surface area contributed by atoms with Crippen molar-refractivity contribution in [3.8, 4) is 5.75 Å². The third kappa shape index (κ3) is 3.59. The second-order valence-corrected chi connectivity index (χ2v) is 6.48. The van der Waals surface area contributed by atoms with Crippen molar-refractivity contribution in [2.24, 2.45) is 0 Å². The van der Waals surface area contributed by atoms with Crippen LogP contribution in [-0.2, 0) is 10.0 Å². The number of alkyl halides is 3. The van der Waals surface area contributed by atoms with E-state index in [-0.39, 0.29) is 4.90 Å². The number of sulfonamides is 1. The first-order valence-electron chi connectivity index (χ1n) is 6.55. The SMILES string of the molecule is O=S(=O)(Nc1ccc2cn[nH]c2c1)c1ccc(OC(F)(F)F)cc1. The number of hydrogen-bond donors (Lipinski definition) is 2. The molecule has 0 spiro atoms. The molecule has 3 rings (SSSR count). The fourth-order valence-corrected chi connectivity index (χ4v) is 3.08. The van der Waals surface area contributed by atoms with E-state index in [0.29, 0.717) is 11.2 Å². The molecule has 2 N–H and O–H groups in total. The molecule has 0 saturated carbocycles. The first-order valence-corrected chi connectivity index (χ1v) is 8.03. The topological polar surface area (TPSA) is 84.1 Å². The molecule has 126 valence electrons. The smallest absolute Gasteiger partial charge is 0.406 e. The van der Waals surface area contributed by atoms with Gasteiger partial charge in [-0.25, -0.2) is 8.42 Å². The lowest BCUT2D eigenvalue weighted by atomic mass is 10.2. The van der Waals surface area contributed by atoms with Crippen LogP contribution in [0.1, 0.15) is 0 Å². The predicted octanol–water partition coefficient (Wildman–Crippen LogP) is 3.26. The molecule has 0 aliphatic heterocycles. The molecule has 0 radical (unpaired) electrons. The first kappa shape index (κ1) is 16.1. The second kappa shape index (κ2) is 5.71. The monoisotopic (exact) mass is 357 g/mol. The molecule has 1 heterocycles. The number of nitrogens with one attached hydrogen (secondary N) is 2. The van der Waals surface area contributed by atoms with E-state index >= 15 is 0 Å². The quantitative estimate of drug-likeness (QED) is 0.751. The maximum absolute atomic E-state index is 12.3. The number of anilines is 1. The summed E-state index contributed by atoms with van der Waals surface area (Å²) in [4.78, 5) is -0.193. The zero-order chi connectivity index (χ0) is 17.4. The van der Waals surface area contributed by atoms with Gasteiger partial charge in [0.1, 0.15) is 5.75 Å². The molecular formula is C14H10F3N3O3S. The second-order valence-electron chi connectivity index (χ2n) is 4.80. The minimum atomic E-state index is -4.84. The van der Waals surface area contributed by atoms with Crippen molar-refractivity contribution >= 4 is 26.6 Å². The van der Waals surface area contributed by atoms with Crippen LogP contribution in [0.2, 0.25) is 0 Å². The lowest BCUT2D eigenvalue weighted by Gasteiger charge is -2.11. The van der Waals surface area contributed by atoms with Gasteiger partial charge in [-0.2, -0.15) is 5.10 Å². The molecule has 0 aliphatic carbocycles. The average Bonchev–Trinajstić information content (AvgIpc) is 2.93. The fourth-order valence-electron chi connectivity index (χ4n) is 2.04. The molecule has 0 aliphatic rings. The van der Waals surface area contributed by atoms with E-state index < -0.39 is 22.1 Å². The summed E-state index contributed by atoms with van der Waals surface area (Å²) < 4.78 is 66.9. The Hall–Kier alpha value is -2.75. The predicted molar refractivity (Wildman–Crippen MR) is 80.0 cm³/mol. The molecule has 2 aromatic carbocycles. The summed E-state index contributed by atoms with van der Waals surface area (Å²) in [7, 11) is -3.95. The van der Waals surface area contributed by atoms with E-state index in [1.165, 1.54) is 0 Å². The van der Waals surface area contributed by atoms with Crippen molar-refractivity contribution in [2.45, 2.75) is 11.3 Å². The van der Waals surface area contributed by atoms with Gasteiger partial charge in [0.2, 0.25) is 0 Å². The van der Waals surface area contributed by atoms with Crippen LogP contribution in [0.5, 0.6) is 5.75 Å². The summed E-state index contributed by atoms with van der Waals surface area (Å²) in [6, 6.07) is 8.70. The molecule has 0 fully saturated rings. The normalized spacial score (nSPS) is 12.3. The number of aromatic amines is 1. The lowest BCUT2D eigenvalue weighted by molar-refractivity contribution is -0.274. The number of H-pyrrole nitrogens is 1. The number of fused-ring (bicyclic) bond motifs is 1. The number of hydrogen-bond acceptors (Lipinski definition) is 4. The van der Waals surface area contributed by atoms with Crippen LogP contribution in [0, 0.1) is 0 Å². The Bertz CT molecular complexity index is 966. The van der Waals surface area contributed by atoms with Crippen LogP contribution in [-0.4, -0.2) is 25.0 Å². The zero-order valence-corrected chi connectivity index (χ0v) is 12.6. The highest BCUT2D eigenvalue weighted by molar-refractivity contribution is 7.92. The van der Waals surface area contributed by atoms with Crippen molar-refractivity contribution in [2.75, 3.05) is 4.72 Å². The molecule has 3 aromatic rings. The summed E-state index contributed by atoms with van der Waals surface area (Å²) >= 11 is 0. The molecule has 0 amide bonds. The molecule has 1 aromatic heterocycles. The third-order valence-corrected chi connectivity index (χ3v) is 4.46. The first-order chi connectivity index (χ1) is 11.2. The molecular weight excluding hydrogens is 347 g/mol. The van der Waals surface area contributed by atoms with Gasteiger partial charge in [-0.1, -0.05) is 0 Å². The summed E-state index contributed by atoms with van der Waals surface area (Å²) in [5.74, 6) is -0.500. The molecule has 24 heavy (non-hydrogen) atoms. The fraction of sp³-hybridized carbons (Fsp3) is 0.0714. The minimum absolute atomic E-state index is 0.193. The van der Waals surface area contributed by atoms with Crippen LogP contribution in [0.3, 0.4) is 0 Å². The van der Waals surface area contributed by atoms with Crippen molar-refractivity contribution in [1.82, 2.24) is 10.2 Å². The van der Waals surface area contributed by atoms with Crippen molar-refractivity contribution in [3.05, 3.63) is 48.7 Å². The Morgan fingerprint density at radius 1 is 1.08 bits per heavy atom. The summed E-state index contributed by atoms with van der Waals surface area (Å²) in [5.41, 5.74) is 0.937. The van der Waals surface area contributed by atoms with E-state index in [2.05, 4.69) is 19.7 Å². The maximum atomic E-state index is 12.3. The standard InChI is InChI=1S/C14H10F3N3O3S/c15-14(16,17)23-11-3-5-12(6-4-11)24(21,22)20-10-2-1-9-8-18-19-13(9)7-10/h1-8,20H,(H,18,19). The van der Waals surface area contributed by atoms with Gasteiger partial charge < -0.3 is 4.74 Å². The van der Waals surface area contributed by atoms with E-state index in [1.54, 1.807) is 24.4 Å². The van der Waals surface area contributed by atoms with Gasteiger partial charge in [-0.15, -0.1) is 13.2 Å². The van der Waals surface area contributed by atoms with E-state index in [0.717, 1.165) is 29.7 Å². The van der Waals surface area contributed by atoms with Crippen LogP contribution in [0.25, 0.3) is 10.9 Å². The van der Waals surface area contributed by atoms with Crippen LogP contribution in [0.4, 0.5) is 18.9 Å². The number of benzene rings is 2. The number of rotatable bonds is 4. The Balaban J connectivity index is 1.81. The average molecular weight is 357 g/mol. The highest BCUT2D eigenvalue weighted by Crippen LogP contribution is 2.25. The molecule has 0 atom stereocenters. The Morgan fingerprint density at radius 2 is 1.79 bits per heavy atom. The summed E-state index contributed by atoms with van der Waals surface area (Å²) in [5, 5.41) is 7.35. The molecule has 0 saturated heterocycles. The Labute approximate surface area is 134 Å². The Kier molecular flexibility index (Phi) is 3.84. The van der Waals surface area contributed by atoms with Gasteiger partial charge in [0.05, 0.1) is 22.3 Å². The van der Waals surface area contributed by atoms with Gasteiger partial charge in [0, 0.05) is 5.39 Å². The van der Waals surface area contributed by atoms with Crippen molar-refractivity contribution < 1.29 is 26.3 Å². The van der Waals surface area contributed by atoms with Gasteiger partial charge in [0.25, 0.3) is 10.0 Å². The summed E-state index contributed by atoms with van der Waals surface area (Å²) in [6.45, 7) is 0. The highest BCUT2D eigenvalue weighted by atomic mass is 32.2. The van der Waals surface area contributed by atoms with E-state index in [1.807, 2.05) is 0 Å². The van der Waals surface area contributed by atoms with Crippen molar-refractivity contribution in [1.29, 1.82) is 0 Å². The number of aromatic nitrogens is 2. The van der Waals surface area contributed by atoms with E-state index in [9.17, 15) is 21.6 Å². The third-order valence-electron chi connectivity index (χ3n) is 3.06. The molecule has 0 bridgehead atoms. The van der Waals surface area contributed by atoms with Gasteiger partial charge in [-0.05, 0) is 42.5 Å². The minimum Gasteiger partial charge on any atom is -0.406 e. The highest BCUT2D eigenvalue weighted by Gasteiger charge is 2.31. The molecule has 0 unspecified atom stereocenters. The van der Waals surface area contributed by atoms with Crippen LogP contribution in [0.15, 0.2) is 53.6 Å². The van der Waals surface area contributed by atoms with E-state index in [4.69, 9.17) is 0 Å². The van der Waals surface area contributed by atoms with Crippen LogP contribution >= 0.6 is 0 Å². The van der Waals surface area contributed by atoms with Gasteiger partial charge in [0.15, 0.2) is 0 Å².